The SMILES string of the molecule is OCc1cc(CC2CCCO2)n[nH]1. The van der Waals surface area contributed by atoms with Crippen LogP contribution < -0.4 is 0 Å². The molecule has 0 amide bonds. The lowest BCUT2D eigenvalue weighted by Gasteiger charge is -2.05. The van der Waals surface area contributed by atoms with E-state index in [1.165, 1.54) is 0 Å². The van der Waals surface area contributed by atoms with Crippen molar-refractivity contribution in [3.05, 3.63) is 17.5 Å². The molecule has 4 heteroatoms. The zero-order valence-corrected chi connectivity index (χ0v) is 7.49. The minimum absolute atomic E-state index is 0.0263. The van der Waals surface area contributed by atoms with E-state index in [1.54, 1.807) is 0 Å². The van der Waals surface area contributed by atoms with Gasteiger partial charge in [-0.25, -0.2) is 0 Å². The van der Waals surface area contributed by atoms with Gasteiger partial charge in [-0.3, -0.25) is 5.10 Å². The highest BCUT2D eigenvalue weighted by Crippen LogP contribution is 2.16. The molecule has 2 N–H and O–H groups in total. The van der Waals surface area contributed by atoms with E-state index >= 15 is 0 Å². The fourth-order valence-corrected chi connectivity index (χ4v) is 1.63. The Kier molecular flexibility index (Phi) is 2.61. The van der Waals surface area contributed by atoms with Gasteiger partial charge in [-0.15, -0.1) is 0 Å². The van der Waals surface area contributed by atoms with Gasteiger partial charge in [-0.1, -0.05) is 0 Å². The Morgan fingerprint density at radius 1 is 1.69 bits per heavy atom. The fraction of sp³-hybridized carbons (Fsp3) is 0.667. The van der Waals surface area contributed by atoms with E-state index in [9.17, 15) is 0 Å². The van der Waals surface area contributed by atoms with E-state index in [2.05, 4.69) is 10.2 Å². The van der Waals surface area contributed by atoms with Crippen LogP contribution in [0.5, 0.6) is 0 Å². The number of aliphatic hydroxyl groups excluding tert-OH is 1. The normalized spacial score (nSPS) is 22.4. The van der Waals surface area contributed by atoms with Gasteiger partial charge in [0.15, 0.2) is 0 Å². The smallest absolute Gasteiger partial charge is 0.0847 e. The Balaban J connectivity index is 1.92. The van der Waals surface area contributed by atoms with Gasteiger partial charge in [0.25, 0.3) is 0 Å². The monoisotopic (exact) mass is 182 g/mol. The second kappa shape index (κ2) is 3.89. The molecule has 13 heavy (non-hydrogen) atoms. The van der Waals surface area contributed by atoms with E-state index in [-0.39, 0.29) is 6.61 Å². The molecule has 1 saturated heterocycles. The topological polar surface area (TPSA) is 58.1 Å². The number of aromatic nitrogens is 2. The Morgan fingerprint density at radius 2 is 2.62 bits per heavy atom. The third-order valence-corrected chi connectivity index (χ3v) is 2.32. The molecular formula is C9H14N2O2. The predicted octanol–water partition coefficient (Wildman–Crippen LogP) is 0.623. The van der Waals surface area contributed by atoms with Crippen molar-refractivity contribution in [2.45, 2.75) is 32.0 Å². The van der Waals surface area contributed by atoms with Crippen LogP contribution in [-0.4, -0.2) is 28.0 Å². The summed E-state index contributed by atoms with van der Waals surface area (Å²) in [4.78, 5) is 0. The summed E-state index contributed by atoms with van der Waals surface area (Å²) in [6.07, 6.45) is 3.47. The van der Waals surface area contributed by atoms with Gasteiger partial charge in [-0.05, 0) is 18.9 Å². The Bertz CT molecular complexity index is 266. The molecule has 2 heterocycles. The summed E-state index contributed by atoms with van der Waals surface area (Å²) < 4.78 is 5.48. The lowest BCUT2D eigenvalue weighted by Crippen LogP contribution is -2.08. The molecule has 1 aromatic heterocycles. The minimum Gasteiger partial charge on any atom is -0.390 e. The van der Waals surface area contributed by atoms with Crippen LogP contribution in [0.2, 0.25) is 0 Å². The number of aliphatic hydroxyl groups is 1. The summed E-state index contributed by atoms with van der Waals surface area (Å²) in [7, 11) is 0. The number of nitrogens with one attached hydrogen (secondary N) is 1. The van der Waals surface area contributed by atoms with E-state index in [1.807, 2.05) is 6.07 Å². The van der Waals surface area contributed by atoms with Crippen molar-refractivity contribution < 1.29 is 9.84 Å². The van der Waals surface area contributed by atoms with Gasteiger partial charge >= 0.3 is 0 Å². The van der Waals surface area contributed by atoms with Gasteiger partial charge in [0.1, 0.15) is 0 Å². The quantitative estimate of drug-likeness (QED) is 0.720. The maximum absolute atomic E-state index is 8.81. The largest absolute Gasteiger partial charge is 0.390 e. The molecule has 0 aliphatic carbocycles. The maximum Gasteiger partial charge on any atom is 0.0847 e. The molecule has 72 valence electrons. The lowest BCUT2D eigenvalue weighted by molar-refractivity contribution is 0.110. The van der Waals surface area contributed by atoms with Crippen molar-refractivity contribution in [2.75, 3.05) is 6.61 Å². The number of H-pyrrole nitrogens is 1. The summed E-state index contributed by atoms with van der Waals surface area (Å²) in [6, 6.07) is 1.89. The molecule has 1 aliphatic heterocycles. The highest BCUT2D eigenvalue weighted by Gasteiger charge is 2.17. The van der Waals surface area contributed by atoms with Crippen molar-refractivity contribution in [1.82, 2.24) is 10.2 Å². The molecule has 2 rings (SSSR count). The van der Waals surface area contributed by atoms with Gasteiger partial charge < -0.3 is 9.84 Å². The van der Waals surface area contributed by atoms with Crippen LogP contribution in [0.25, 0.3) is 0 Å². The summed E-state index contributed by atoms with van der Waals surface area (Å²) >= 11 is 0. The zero-order valence-electron chi connectivity index (χ0n) is 7.49. The van der Waals surface area contributed by atoms with Crippen molar-refractivity contribution in [2.24, 2.45) is 0 Å². The fourth-order valence-electron chi connectivity index (χ4n) is 1.63. The summed E-state index contributed by atoms with van der Waals surface area (Å²) in [5.74, 6) is 0. The summed E-state index contributed by atoms with van der Waals surface area (Å²) in [5.41, 5.74) is 1.75. The highest BCUT2D eigenvalue weighted by atomic mass is 16.5. The van der Waals surface area contributed by atoms with E-state index in [0.29, 0.717) is 6.10 Å². The number of ether oxygens (including phenoxy) is 1. The molecule has 1 unspecified atom stereocenters. The molecule has 0 aromatic carbocycles. The third-order valence-electron chi connectivity index (χ3n) is 2.32. The molecule has 1 atom stereocenters. The van der Waals surface area contributed by atoms with Gasteiger partial charge in [0.05, 0.1) is 24.1 Å². The lowest BCUT2D eigenvalue weighted by atomic mass is 10.1. The van der Waals surface area contributed by atoms with Crippen LogP contribution in [0.4, 0.5) is 0 Å². The van der Waals surface area contributed by atoms with Crippen molar-refractivity contribution >= 4 is 0 Å². The van der Waals surface area contributed by atoms with Gasteiger partial charge in [0, 0.05) is 13.0 Å². The molecule has 0 radical (unpaired) electrons. The first-order valence-electron chi connectivity index (χ1n) is 4.64. The van der Waals surface area contributed by atoms with E-state index < -0.39 is 0 Å². The van der Waals surface area contributed by atoms with Crippen LogP contribution >= 0.6 is 0 Å². The van der Waals surface area contributed by atoms with Crippen LogP contribution in [0.3, 0.4) is 0 Å². The van der Waals surface area contributed by atoms with Crippen LogP contribution in [0, 0.1) is 0 Å². The second-order valence-corrected chi connectivity index (χ2v) is 3.38. The second-order valence-electron chi connectivity index (χ2n) is 3.38. The molecule has 4 nitrogen and oxygen atoms in total. The first kappa shape index (κ1) is 8.72. The first-order chi connectivity index (χ1) is 6.38. The highest BCUT2D eigenvalue weighted by molar-refractivity contribution is 5.08. The average Bonchev–Trinajstić information content (AvgIpc) is 2.76. The van der Waals surface area contributed by atoms with Crippen LogP contribution in [0.1, 0.15) is 24.2 Å². The molecule has 0 saturated carbocycles. The number of rotatable bonds is 3. The molecule has 0 spiro atoms. The molecule has 1 aliphatic rings. The Labute approximate surface area is 76.9 Å². The van der Waals surface area contributed by atoms with Crippen molar-refractivity contribution in [3.63, 3.8) is 0 Å². The predicted molar refractivity (Wildman–Crippen MR) is 47.2 cm³/mol. The number of aromatic amines is 1. The van der Waals surface area contributed by atoms with Gasteiger partial charge in [0.2, 0.25) is 0 Å². The zero-order chi connectivity index (χ0) is 9.10. The number of hydrogen-bond donors (Lipinski definition) is 2. The van der Waals surface area contributed by atoms with Crippen LogP contribution in [-0.2, 0) is 17.8 Å². The summed E-state index contributed by atoms with van der Waals surface area (Å²) in [6.45, 7) is 0.903. The molecule has 0 bridgehead atoms. The van der Waals surface area contributed by atoms with E-state index in [4.69, 9.17) is 9.84 Å². The molecule has 1 fully saturated rings. The average molecular weight is 182 g/mol. The number of nitrogens with zero attached hydrogens (tertiary/aromatic N) is 1. The van der Waals surface area contributed by atoms with Crippen molar-refractivity contribution in [1.29, 1.82) is 0 Å². The molecule has 1 aromatic rings. The first-order valence-corrected chi connectivity index (χ1v) is 4.64. The Hall–Kier alpha value is -0.870. The van der Waals surface area contributed by atoms with Gasteiger partial charge in [-0.2, -0.15) is 5.10 Å². The summed E-state index contributed by atoms with van der Waals surface area (Å²) in [5, 5.41) is 15.7. The van der Waals surface area contributed by atoms with Crippen LogP contribution in [0.15, 0.2) is 6.07 Å². The van der Waals surface area contributed by atoms with Crippen molar-refractivity contribution in [3.8, 4) is 0 Å². The minimum atomic E-state index is 0.0263. The molecular weight excluding hydrogens is 168 g/mol. The third kappa shape index (κ3) is 2.08. The standard InChI is InChI=1S/C9H14N2O2/c12-6-8-4-7(10-11-8)5-9-2-1-3-13-9/h4,9,12H,1-3,5-6H2,(H,10,11). The maximum atomic E-state index is 8.81. The number of hydrogen-bond acceptors (Lipinski definition) is 3. The Morgan fingerprint density at radius 3 is 3.23 bits per heavy atom. The van der Waals surface area contributed by atoms with E-state index in [0.717, 1.165) is 37.3 Å².